The number of amides is 1. The molecular weight excluding hydrogens is 236 g/mol. The van der Waals surface area contributed by atoms with Crippen molar-refractivity contribution in [3.05, 3.63) is 55.9 Å². The SMILES string of the molecule is C=CCN(CC=C)C(=O)CCCC[n+]1ccccc1. The summed E-state index contributed by atoms with van der Waals surface area (Å²) in [4.78, 5) is 13.7. The van der Waals surface area contributed by atoms with Crippen molar-refractivity contribution in [3.8, 4) is 0 Å². The van der Waals surface area contributed by atoms with Crippen LogP contribution in [0.4, 0.5) is 0 Å². The molecule has 1 amide bonds. The van der Waals surface area contributed by atoms with Crippen molar-refractivity contribution in [3.63, 3.8) is 0 Å². The molecule has 0 saturated heterocycles. The minimum atomic E-state index is 0.179. The van der Waals surface area contributed by atoms with E-state index in [1.807, 2.05) is 30.6 Å². The Morgan fingerprint density at radius 2 is 1.68 bits per heavy atom. The quantitative estimate of drug-likeness (QED) is 0.379. The standard InChI is InChI=1S/C16H23N2O/c1-3-11-18(12-4-2)16(19)10-6-9-15-17-13-7-5-8-14-17/h3-5,7-8,13-14H,1-2,6,9-12,15H2/q+1. The van der Waals surface area contributed by atoms with Gasteiger partial charge in [0, 0.05) is 38.1 Å². The molecule has 3 nitrogen and oxygen atoms in total. The molecule has 0 aliphatic heterocycles. The van der Waals surface area contributed by atoms with E-state index in [2.05, 4.69) is 17.7 Å². The molecule has 0 saturated carbocycles. The van der Waals surface area contributed by atoms with Gasteiger partial charge in [-0.15, -0.1) is 13.2 Å². The summed E-state index contributed by atoms with van der Waals surface area (Å²) in [6.45, 7) is 9.49. The number of hydrogen-bond acceptors (Lipinski definition) is 1. The van der Waals surface area contributed by atoms with E-state index >= 15 is 0 Å². The second-order valence-electron chi connectivity index (χ2n) is 4.45. The molecule has 3 heteroatoms. The Labute approximate surface area is 115 Å². The first-order valence-electron chi connectivity index (χ1n) is 6.71. The first-order valence-corrected chi connectivity index (χ1v) is 6.71. The van der Waals surface area contributed by atoms with Gasteiger partial charge >= 0.3 is 0 Å². The van der Waals surface area contributed by atoms with Crippen molar-refractivity contribution < 1.29 is 9.36 Å². The Balaban J connectivity index is 2.25. The number of rotatable bonds is 9. The van der Waals surface area contributed by atoms with Crippen LogP contribution >= 0.6 is 0 Å². The summed E-state index contributed by atoms with van der Waals surface area (Å²) in [6, 6.07) is 6.03. The fourth-order valence-corrected chi connectivity index (χ4v) is 1.90. The summed E-state index contributed by atoms with van der Waals surface area (Å²) in [5.41, 5.74) is 0. The van der Waals surface area contributed by atoms with Gasteiger partial charge in [-0.3, -0.25) is 4.79 Å². The number of carbonyl (C=O) groups is 1. The van der Waals surface area contributed by atoms with Crippen LogP contribution in [0.3, 0.4) is 0 Å². The van der Waals surface area contributed by atoms with Gasteiger partial charge in [0.2, 0.25) is 5.91 Å². The lowest BCUT2D eigenvalue weighted by molar-refractivity contribution is -0.697. The molecule has 1 heterocycles. The zero-order valence-corrected chi connectivity index (χ0v) is 11.5. The molecule has 19 heavy (non-hydrogen) atoms. The zero-order valence-electron chi connectivity index (χ0n) is 11.5. The van der Waals surface area contributed by atoms with Gasteiger partial charge in [0.15, 0.2) is 12.4 Å². The maximum atomic E-state index is 12.0. The van der Waals surface area contributed by atoms with Gasteiger partial charge in [0.1, 0.15) is 6.54 Å². The number of pyridine rings is 1. The number of nitrogens with zero attached hydrogens (tertiary/aromatic N) is 2. The molecule has 0 aliphatic carbocycles. The fourth-order valence-electron chi connectivity index (χ4n) is 1.90. The molecular formula is C16H23N2O+. The molecule has 102 valence electrons. The Kier molecular flexibility index (Phi) is 7.25. The highest BCUT2D eigenvalue weighted by Crippen LogP contribution is 2.02. The number of aromatic nitrogens is 1. The lowest BCUT2D eigenvalue weighted by Gasteiger charge is -2.18. The lowest BCUT2D eigenvalue weighted by atomic mass is 10.2. The molecule has 0 aliphatic rings. The topological polar surface area (TPSA) is 24.2 Å². The number of carbonyl (C=O) groups excluding carboxylic acids is 1. The van der Waals surface area contributed by atoms with E-state index in [1.165, 1.54) is 0 Å². The maximum Gasteiger partial charge on any atom is 0.223 e. The highest BCUT2D eigenvalue weighted by Gasteiger charge is 2.10. The van der Waals surface area contributed by atoms with E-state index in [1.54, 1.807) is 17.1 Å². The third-order valence-corrected chi connectivity index (χ3v) is 2.89. The van der Waals surface area contributed by atoms with Crippen LogP contribution in [0, 0.1) is 0 Å². The Morgan fingerprint density at radius 1 is 1.05 bits per heavy atom. The number of hydrogen-bond donors (Lipinski definition) is 0. The van der Waals surface area contributed by atoms with Crippen molar-refractivity contribution in [1.29, 1.82) is 0 Å². The van der Waals surface area contributed by atoms with Gasteiger partial charge in [0.05, 0.1) is 0 Å². The Bertz CT molecular complexity index is 390. The molecule has 0 spiro atoms. The smallest absolute Gasteiger partial charge is 0.223 e. The normalized spacial score (nSPS) is 9.89. The number of aryl methyl sites for hydroxylation is 1. The second-order valence-corrected chi connectivity index (χ2v) is 4.45. The monoisotopic (exact) mass is 259 g/mol. The zero-order chi connectivity index (χ0) is 13.9. The van der Waals surface area contributed by atoms with Gasteiger partial charge in [-0.1, -0.05) is 18.2 Å². The Morgan fingerprint density at radius 3 is 2.26 bits per heavy atom. The third kappa shape index (κ3) is 6.00. The van der Waals surface area contributed by atoms with Gasteiger partial charge in [-0.05, 0) is 6.42 Å². The van der Waals surface area contributed by atoms with E-state index in [4.69, 9.17) is 0 Å². The van der Waals surface area contributed by atoms with E-state index < -0.39 is 0 Å². The van der Waals surface area contributed by atoms with Crippen LogP contribution in [0.25, 0.3) is 0 Å². The van der Waals surface area contributed by atoms with E-state index in [9.17, 15) is 4.79 Å². The molecule has 1 aromatic rings. The highest BCUT2D eigenvalue weighted by atomic mass is 16.2. The van der Waals surface area contributed by atoms with Crippen molar-refractivity contribution in [2.24, 2.45) is 0 Å². The second kappa shape index (κ2) is 9.09. The van der Waals surface area contributed by atoms with Crippen molar-refractivity contribution in [2.75, 3.05) is 13.1 Å². The lowest BCUT2D eigenvalue weighted by Crippen LogP contribution is -2.33. The minimum Gasteiger partial charge on any atom is -0.335 e. The number of unbranched alkanes of at least 4 members (excludes halogenated alkanes) is 1. The summed E-state index contributed by atoms with van der Waals surface area (Å²) in [7, 11) is 0. The van der Waals surface area contributed by atoms with Crippen LogP contribution in [0.5, 0.6) is 0 Å². The fraction of sp³-hybridized carbons (Fsp3) is 0.375. The van der Waals surface area contributed by atoms with E-state index in [-0.39, 0.29) is 5.91 Å². The van der Waals surface area contributed by atoms with Gasteiger partial charge in [-0.25, -0.2) is 4.57 Å². The average Bonchev–Trinajstić information content (AvgIpc) is 2.44. The van der Waals surface area contributed by atoms with E-state index in [0.717, 1.165) is 19.4 Å². The summed E-state index contributed by atoms with van der Waals surface area (Å²) in [5.74, 6) is 0.179. The van der Waals surface area contributed by atoms with Crippen LogP contribution in [0.15, 0.2) is 55.9 Å². The molecule has 1 rings (SSSR count). The highest BCUT2D eigenvalue weighted by molar-refractivity contribution is 5.76. The van der Waals surface area contributed by atoms with Crippen LogP contribution in [-0.2, 0) is 11.3 Å². The Hall–Kier alpha value is -1.90. The summed E-state index contributed by atoms with van der Waals surface area (Å²) in [5, 5.41) is 0. The molecule has 0 aromatic carbocycles. The molecule has 0 bridgehead atoms. The first-order chi connectivity index (χ1) is 9.27. The van der Waals surface area contributed by atoms with Gasteiger partial charge in [-0.2, -0.15) is 0 Å². The summed E-state index contributed by atoms with van der Waals surface area (Å²) in [6.07, 6.45) is 10.1. The van der Waals surface area contributed by atoms with Crippen molar-refractivity contribution >= 4 is 5.91 Å². The van der Waals surface area contributed by atoms with Crippen molar-refractivity contribution in [2.45, 2.75) is 25.8 Å². The van der Waals surface area contributed by atoms with Gasteiger partial charge in [0.25, 0.3) is 0 Å². The molecule has 0 radical (unpaired) electrons. The first kappa shape index (κ1) is 15.2. The minimum absolute atomic E-state index is 0.179. The predicted molar refractivity (Wildman–Crippen MR) is 77.5 cm³/mol. The van der Waals surface area contributed by atoms with Crippen LogP contribution < -0.4 is 4.57 Å². The molecule has 0 fully saturated rings. The third-order valence-electron chi connectivity index (χ3n) is 2.89. The largest absolute Gasteiger partial charge is 0.335 e. The average molecular weight is 259 g/mol. The van der Waals surface area contributed by atoms with Crippen LogP contribution in [-0.4, -0.2) is 23.9 Å². The molecule has 1 aromatic heterocycles. The summed E-state index contributed by atoms with van der Waals surface area (Å²) < 4.78 is 2.13. The molecule has 0 unspecified atom stereocenters. The van der Waals surface area contributed by atoms with Gasteiger partial charge < -0.3 is 4.90 Å². The molecule has 0 atom stereocenters. The van der Waals surface area contributed by atoms with E-state index in [0.29, 0.717) is 19.5 Å². The summed E-state index contributed by atoms with van der Waals surface area (Å²) >= 11 is 0. The van der Waals surface area contributed by atoms with Crippen molar-refractivity contribution in [1.82, 2.24) is 4.90 Å². The predicted octanol–water partition coefficient (Wildman–Crippen LogP) is 2.35. The van der Waals surface area contributed by atoms with Crippen LogP contribution in [0.2, 0.25) is 0 Å². The van der Waals surface area contributed by atoms with Crippen LogP contribution in [0.1, 0.15) is 19.3 Å². The maximum absolute atomic E-state index is 12.0. The molecule has 0 N–H and O–H groups in total.